The SMILES string of the molecule is CC(OO)c1cccnc1. The van der Waals surface area contributed by atoms with Gasteiger partial charge in [-0.05, 0) is 13.0 Å². The van der Waals surface area contributed by atoms with Gasteiger partial charge in [0.15, 0.2) is 0 Å². The average molecular weight is 139 g/mol. The van der Waals surface area contributed by atoms with Crippen molar-refractivity contribution < 1.29 is 10.1 Å². The standard InChI is InChI=1S/C7H9NO2/c1-6(10-9)7-3-2-4-8-5-7/h2-6,9H,1H3. The van der Waals surface area contributed by atoms with Crippen molar-refractivity contribution in [3.05, 3.63) is 30.1 Å². The normalized spacial score (nSPS) is 13.0. The third-order valence-electron chi connectivity index (χ3n) is 1.31. The minimum atomic E-state index is -0.298. The molecule has 0 aromatic carbocycles. The van der Waals surface area contributed by atoms with Crippen LogP contribution >= 0.6 is 0 Å². The molecule has 1 rings (SSSR count). The van der Waals surface area contributed by atoms with E-state index >= 15 is 0 Å². The van der Waals surface area contributed by atoms with Crippen LogP contribution in [0.3, 0.4) is 0 Å². The lowest BCUT2D eigenvalue weighted by Gasteiger charge is -2.04. The summed E-state index contributed by atoms with van der Waals surface area (Å²) in [6.07, 6.45) is 3.03. The highest BCUT2D eigenvalue weighted by atomic mass is 17.1. The summed E-state index contributed by atoms with van der Waals surface area (Å²) in [5.41, 5.74) is 0.866. The van der Waals surface area contributed by atoms with Crippen LogP contribution in [0, 0.1) is 0 Å². The summed E-state index contributed by atoms with van der Waals surface area (Å²) in [4.78, 5) is 7.96. The Hall–Kier alpha value is -0.930. The van der Waals surface area contributed by atoms with Gasteiger partial charge in [0.05, 0.1) is 0 Å². The summed E-state index contributed by atoms with van der Waals surface area (Å²) >= 11 is 0. The maximum absolute atomic E-state index is 8.26. The van der Waals surface area contributed by atoms with E-state index < -0.39 is 0 Å². The Morgan fingerprint density at radius 2 is 2.50 bits per heavy atom. The Balaban J connectivity index is 2.75. The molecule has 10 heavy (non-hydrogen) atoms. The molecule has 0 spiro atoms. The molecule has 3 heteroatoms. The first-order chi connectivity index (χ1) is 4.84. The lowest BCUT2D eigenvalue weighted by atomic mass is 10.2. The van der Waals surface area contributed by atoms with E-state index in [0.717, 1.165) is 5.56 Å². The average Bonchev–Trinajstić information content (AvgIpc) is 2.05. The molecule has 0 bridgehead atoms. The van der Waals surface area contributed by atoms with Crippen molar-refractivity contribution in [2.24, 2.45) is 0 Å². The smallest absolute Gasteiger partial charge is 0.116 e. The molecular formula is C7H9NO2. The zero-order valence-corrected chi connectivity index (χ0v) is 5.69. The first kappa shape index (κ1) is 7.18. The van der Waals surface area contributed by atoms with Crippen LogP contribution in [0.4, 0.5) is 0 Å². The lowest BCUT2D eigenvalue weighted by molar-refractivity contribution is -0.277. The Kier molecular flexibility index (Phi) is 2.36. The maximum Gasteiger partial charge on any atom is 0.116 e. The Morgan fingerprint density at radius 3 is 3.00 bits per heavy atom. The third kappa shape index (κ3) is 1.52. The zero-order valence-electron chi connectivity index (χ0n) is 5.69. The Labute approximate surface area is 59.2 Å². The highest BCUT2D eigenvalue weighted by Gasteiger charge is 2.02. The highest BCUT2D eigenvalue weighted by molar-refractivity contribution is 5.10. The number of rotatable bonds is 2. The molecule has 0 aliphatic heterocycles. The fraction of sp³-hybridized carbons (Fsp3) is 0.286. The highest BCUT2D eigenvalue weighted by Crippen LogP contribution is 2.12. The molecule has 54 valence electrons. The van der Waals surface area contributed by atoms with Crippen LogP contribution in [0.25, 0.3) is 0 Å². The Bertz CT molecular complexity index is 188. The topological polar surface area (TPSA) is 42.4 Å². The van der Waals surface area contributed by atoms with Gasteiger partial charge in [0.2, 0.25) is 0 Å². The number of hydrogen-bond acceptors (Lipinski definition) is 3. The summed E-state index contributed by atoms with van der Waals surface area (Å²) in [5.74, 6) is 0. The summed E-state index contributed by atoms with van der Waals surface area (Å²) in [6.45, 7) is 1.75. The number of pyridine rings is 1. The summed E-state index contributed by atoms with van der Waals surface area (Å²) in [5, 5.41) is 8.26. The molecule has 0 amide bonds. The molecule has 0 aliphatic rings. The van der Waals surface area contributed by atoms with Gasteiger partial charge in [0.25, 0.3) is 0 Å². The fourth-order valence-electron chi connectivity index (χ4n) is 0.677. The van der Waals surface area contributed by atoms with Crippen molar-refractivity contribution in [2.45, 2.75) is 13.0 Å². The van der Waals surface area contributed by atoms with Gasteiger partial charge in [-0.2, -0.15) is 0 Å². The molecule has 1 N–H and O–H groups in total. The first-order valence-electron chi connectivity index (χ1n) is 3.04. The van der Waals surface area contributed by atoms with Crippen LogP contribution in [-0.2, 0) is 4.89 Å². The first-order valence-corrected chi connectivity index (χ1v) is 3.04. The number of aromatic nitrogens is 1. The van der Waals surface area contributed by atoms with Gasteiger partial charge >= 0.3 is 0 Å². The van der Waals surface area contributed by atoms with Crippen LogP contribution < -0.4 is 0 Å². The van der Waals surface area contributed by atoms with Crippen molar-refractivity contribution in [3.63, 3.8) is 0 Å². The second-order valence-corrected chi connectivity index (χ2v) is 2.03. The zero-order chi connectivity index (χ0) is 7.40. The molecule has 0 aliphatic carbocycles. The van der Waals surface area contributed by atoms with Crippen LogP contribution in [0.2, 0.25) is 0 Å². The molecule has 1 atom stereocenters. The molecule has 1 aromatic rings. The van der Waals surface area contributed by atoms with E-state index in [0.29, 0.717) is 0 Å². The van der Waals surface area contributed by atoms with Gasteiger partial charge < -0.3 is 0 Å². The van der Waals surface area contributed by atoms with E-state index in [2.05, 4.69) is 9.87 Å². The van der Waals surface area contributed by atoms with Gasteiger partial charge in [-0.1, -0.05) is 6.07 Å². The predicted molar refractivity (Wildman–Crippen MR) is 36.4 cm³/mol. The third-order valence-corrected chi connectivity index (χ3v) is 1.31. The molecule has 3 nitrogen and oxygen atoms in total. The van der Waals surface area contributed by atoms with Crippen molar-refractivity contribution >= 4 is 0 Å². The molecular weight excluding hydrogens is 130 g/mol. The molecule has 1 unspecified atom stereocenters. The predicted octanol–water partition coefficient (Wildman–Crippen LogP) is 1.63. The molecule has 0 fully saturated rings. The minimum Gasteiger partial charge on any atom is -0.264 e. The van der Waals surface area contributed by atoms with E-state index in [1.807, 2.05) is 6.07 Å². The molecule has 0 radical (unpaired) electrons. The quantitative estimate of drug-likeness (QED) is 0.500. The van der Waals surface area contributed by atoms with Crippen molar-refractivity contribution in [3.8, 4) is 0 Å². The summed E-state index contributed by atoms with van der Waals surface area (Å²) in [6, 6.07) is 3.64. The van der Waals surface area contributed by atoms with Crippen molar-refractivity contribution in [1.82, 2.24) is 4.98 Å². The largest absolute Gasteiger partial charge is 0.264 e. The van der Waals surface area contributed by atoms with E-state index in [-0.39, 0.29) is 6.10 Å². The van der Waals surface area contributed by atoms with Crippen LogP contribution in [0.5, 0.6) is 0 Å². The molecule has 1 aromatic heterocycles. The lowest BCUT2D eigenvalue weighted by Crippen LogP contribution is -1.95. The molecule has 1 heterocycles. The minimum absolute atomic E-state index is 0.298. The van der Waals surface area contributed by atoms with Crippen molar-refractivity contribution in [2.75, 3.05) is 0 Å². The van der Waals surface area contributed by atoms with Crippen molar-refractivity contribution in [1.29, 1.82) is 0 Å². The fourth-order valence-corrected chi connectivity index (χ4v) is 0.677. The summed E-state index contributed by atoms with van der Waals surface area (Å²) in [7, 11) is 0. The van der Waals surface area contributed by atoms with Gasteiger partial charge in [0, 0.05) is 18.0 Å². The summed E-state index contributed by atoms with van der Waals surface area (Å²) < 4.78 is 0. The number of hydrogen-bond donors (Lipinski definition) is 1. The van der Waals surface area contributed by atoms with E-state index in [9.17, 15) is 0 Å². The second-order valence-electron chi connectivity index (χ2n) is 2.03. The maximum atomic E-state index is 8.26. The van der Waals surface area contributed by atoms with Gasteiger partial charge in [-0.3, -0.25) is 10.2 Å². The monoisotopic (exact) mass is 139 g/mol. The van der Waals surface area contributed by atoms with E-state index in [1.165, 1.54) is 0 Å². The molecule has 0 saturated heterocycles. The van der Waals surface area contributed by atoms with Gasteiger partial charge in [-0.15, -0.1) is 0 Å². The Morgan fingerprint density at radius 1 is 1.70 bits per heavy atom. The number of nitrogens with zero attached hydrogens (tertiary/aromatic N) is 1. The molecule has 0 saturated carbocycles. The van der Waals surface area contributed by atoms with Gasteiger partial charge in [0.1, 0.15) is 6.10 Å². The van der Waals surface area contributed by atoms with Crippen LogP contribution in [0.15, 0.2) is 24.5 Å². The van der Waals surface area contributed by atoms with Crippen LogP contribution in [-0.4, -0.2) is 10.2 Å². The second kappa shape index (κ2) is 3.29. The van der Waals surface area contributed by atoms with E-state index in [4.69, 9.17) is 5.26 Å². The van der Waals surface area contributed by atoms with Gasteiger partial charge in [-0.25, -0.2) is 4.89 Å². The van der Waals surface area contributed by atoms with E-state index in [1.54, 1.807) is 25.4 Å². The van der Waals surface area contributed by atoms with Crippen LogP contribution in [0.1, 0.15) is 18.6 Å².